The third-order valence-electron chi connectivity index (χ3n) is 18.6. The minimum atomic E-state index is -1.66. The van der Waals surface area contributed by atoms with Crippen molar-refractivity contribution >= 4 is 5.97 Å². The van der Waals surface area contributed by atoms with E-state index in [0.29, 0.717) is 11.8 Å². The van der Waals surface area contributed by atoms with Crippen LogP contribution in [-0.2, 0) is 33.2 Å². The van der Waals surface area contributed by atoms with Gasteiger partial charge in [0.15, 0.2) is 18.9 Å². The molecule has 0 aromatic carbocycles. The number of aliphatic carboxylic acids is 1. The third-order valence-corrected chi connectivity index (χ3v) is 18.6. The fraction of sp³-hybridized carbons (Fsp3) is 0.935. The van der Waals surface area contributed by atoms with E-state index in [2.05, 4.69) is 54.5 Å². The van der Waals surface area contributed by atoms with E-state index in [-0.39, 0.29) is 52.3 Å². The quantitative estimate of drug-likeness (QED) is 0.136. The number of carboxylic acids is 1. The zero-order valence-electron chi connectivity index (χ0n) is 37.3. The molecule has 15 nitrogen and oxygen atoms in total. The van der Waals surface area contributed by atoms with E-state index < -0.39 is 91.3 Å². The molecular weight excluding hydrogens is 792 g/mol. The van der Waals surface area contributed by atoms with E-state index in [1.54, 1.807) is 0 Å². The minimum absolute atomic E-state index is 0.00552. The Morgan fingerprint density at radius 1 is 0.689 bits per heavy atom. The maximum atomic E-state index is 13.1. The summed E-state index contributed by atoms with van der Waals surface area (Å²) in [5, 5.41) is 85.9. The fourth-order valence-corrected chi connectivity index (χ4v) is 14.5. The number of aliphatic hydroxyl groups excluding tert-OH is 7. The normalized spacial score (nSPS) is 54.3. The highest BCUT2D eigenvalue weighted by Crippen LogP contribution is 2.76. The highest BCUT2D eigenvalue weighted by molar-refractivity contribution is 5.76. The largest absolute Gasteiger partial charge is 0.481 e. The molecule has 0 unspecified atom stereocenters. The van der Waals surface area contributed by atoms with Crippen LogP contribution in [0.4, 0.5) is 0 Å². The summed E-state index contributed by atoms with van der Waals surface area (Å²) in [6.45, 7) is 17.6. The number of hydrogen-bond donors (Lipinski definition) is 8. The minimum Gasteiger partial charge on any atom is -0.481 e. The van der Waals surface area contributed by atoms with Crippen molar-refractivity contribution in [1.29, 1.82) is 0 Å². The monoisotopic (exact) mass is 867 g/mol. The molecule has 0 radical (unpaired) electrons. The third kappa shape index (κ3) is 7.21. The van der Waals surface area contributed by atoms with Gasteiger partial charge in [-0.2, -0.15) is 0 Å². The van der Waals surface area contributed by atoms with E-state index in [1.165, 1.54) is 12.5 Å². The first kappa shape index (κ1) is 46.2. The van der Waals surface area contributed by atoms with Gasteiger partial charge in [-0.1, -0.05) is 60.1 Å². The molecule has 8 N–H and O–H groups in total. The van der Waals surface area contributed by atoms with Crippen molar-refractivity contribution in [3.05, 3.63) is 11.6 Å². The van der Waals surface area contributed by atoms with Crippen LogP contribution < -0.4 is 0 Å². The Hall–Kier alpha value is -1.31. The first-order chi connectivity index (χ1) is 28.4. The van der Waals surface area contributed by atoms with E-state index in [0.717, 1.165) is 64.2 Å². The molecule has 3 aliphatic heterocycles. The molecule has 0 amide bonds. The van der Waals surface area contributed by atoms with Gasteiger partial charge in [-0.05, 0) is 116 Å². The number of ether oxygens (including phenoxy) is 6. The average molecular weight is 867 g/mol. The zero-order chi connectivity index (χ0) is 44.4. The Morgan fingerprint density at radius 3 is 2.05 bits per heavy atom. The number of rotatable bonds is 7. The van der Waals surface area contributed by atoms with Crippen LogP contribution in [0.2, 0.25) is 0 Å². The van der Waals surface area contributed by atoms with Gasteiger partial charge in [-0.15, -0.1) is 0 Å². The molecule has 8 aliphatic rings. The van der Waals surface area contributed by atoms with Crippen LogP contribution >= 0.6 is 0 Å². The summed E-state index contributed by atoms with van der Waals surface area (Å²) in [6.07, 6.45) is -7.09. The Morgan fingerprint density at radius 2 is 1.34 bits per heavy atom. The Kier molecular flexibility index (Phi) is 12.1. The Labute approximate surface area is 360 Å². The topological polar surface area (TPSA) is 234 Å². The number of fused-ring (bicyclic) bond motifs is 7. The molecule has 0 spiro atoms. The number of carbonyl (C=O) groups is 1. The highest BCUT2D eigenvalue weighted by Gasteiger charge is 2.69. The maximum absolute atomic E-state index is 13.1. The lowest BCUT2D eigenvalue weighted by Crippen LogP contribution is -2.66. The van der Waals surface area contributed by atoms with E-state index >= 15 is 0 Å². The SMILES string of the molecule is C[C@@H]1O[C@@H](O[C@@H]2CO[C@@H](O[C@H]3CC[C@]4(C)[C@H]5CC=C6[C@@H]7CC(C)(C)CC[C@]7(C(=O)O)CC[C@@]6(C)[C@]5(C)CC[C@H]4C3(C)C)[C@H](O)[C@H]2O)[C@H](O)[C@H](O[C@@H]2OC[C@@H](O)[C@H](O)[C@H]2O)[C@H]1O. The molecule has 8 rings (SSSR count). The number of allylic oxidation sites excluding steroid dienone is 2. The summed E-state index contributed by atoms with van der Waals surface area (Å²) < 4.78 is 35.5. The van der Waals surface area contributed by atoms with Gasteiger partial charge in [0.05, 0.1) is 30.8 Å². The van der Waals surface area contributed by atoms with Crippen LogP contribution in [0.1, 0.15) is 120 Å². The van der Waals surface area contributed by atoms with Gasteiger partial charge in [0.25, 0.3) is 0 Å². The van der Waals surface area contributed by atoms with Crippen LogP contribution in [0.5, 0.6) is 0 Å². The Balaban J connectivity index is 0.929. The summed E-state index contributed by atoms with van der Waals surface area (Å²) in [7, 11) is 0. The summed E-state index contributed by atoms with van der Waals surface area (Å²) in [5.74, 6) is 0.152. The maximum Gasteiger partial charge on any atom is 0.310 e. The highest BCUT2D eigenvalue weighted by atomic mass is 16.7. The van der Waals surface area contributed by atoms with Crippen molar-refractivity contribution in [2.24, 2.45) is 50.2 Å². The second-order valence-corrected chi connectivity index (χ2v) is 22.6. The molecule has 3 saturated heterocycles. The molecule has 0 aromatic heterocycles. The van der Waals surface area contributed by atoms with Crippen LogP contribution in [0.3, 0.4) is 0 Å². The molecule has 4 saturated carbocycles. The van der Waals surface area contributed by atoms with Gasteiger partial charge in [0.1, 0.15) is 54.9 Å². The smallest absolute Gasteiger partial charge is 0.310 e. The van der Waals surface area contributed by atoms with Gasteiger partial charge in [-0.3, -0.25) is 4.79 Å². The summed E-state index contributed by atoms with van der Waals surface area (Å²) in [5.41, 5.74) is 0.454. The number of aliphatic hydroxyl groups is 7. The average Bonchev–Trinajstić information content (AvgIpc) is 3.19. The van der Waals surface area contributed by atoms with Gasteiger partial charge in [-0.25, -0.2) is 0 Å². The summed E-state index contributed by atoms with van der Waals surface area (Å²) in [4.78, 5) is 13.1. The molecule has 0 bridgehead atoms. The van der Waals surface area contributed by atoms with Crippen molar-refractivity contribution in [3.8, 4) is 0 Å². The number of carboxylic acid groups (broad SMARTS) is 1. The molecule has 0 aromatic rings. The second kappa shape index (κ2) is 15.9. The van der Waals surface area contributed by atoms with Crippen molar-refractivity contribution in [3.63, 3.8) is 0 Å². The van der Waals surface area contributed by atoms with Crippen LogP contribution in [0, 0.1) is 50.2 Å². The fourth-order valence-electron chi connectivity index (χ4n) is 14.5. The van der Waals surface area contributed by atoms with E-state index in [9.17, 15) is 45.6 Å². The van der Waals surface area contributed by atoms with Gasteiger partial charge in [0, 0.05) is 0 Å². The van der Waals surface area contributed by atoms with E-state index in [4.69, 9.17) is 28.4 Å². The molecule has 5 aliphatic carbocycles. The molecule has 15 heteroatoms. The lowest BCUT2D eigenvalue weighted by atomic mass is 9.33. The summed E-state index contributed by atoms with van der Waals surface area (Å²) >= 11 is 0. The van der Waals surface area contributed by atoms with Crippen LogP contribution in [-0.4, -0.2) is 146 Å². The number of hydrogen-bond acceptors (Lipinski definition) is 14. The van der Waals surface area contributed by atoms with Crippen molar-refractivity contribution in [2.75, 3.05) is 13.2 Å². The van der Waals surface area contributed by atoms with E-state index in [1.807, 2.05) is 0 Å². The first-order valence-corrected chi connectivity index (χ1v) is 23.0. The van der Waals surface area contributed by atoms with Gasteiger partial charge in [0.2, 0.25) is 0 Å². The van der Waals surface area contributed by atoms with Crippen molar-refractivity contribution < 1.29 is 74.1 Å². The van der Waals surface area contributed by atoms with Crippen molar-refractivity contribution in [2.45, 2.75) is 206 Å². The molecule has 7 fully saturated rings. The second-order valence-electron chi connectivity index (χ2n) is 22.6. The molecular formula is C46H74O15. The predicted molar refractivity (Wildman–Crippen MR) is 217 cm³/mol. The summed E-state index contributed by atoms with van der Waals surface area (Å²) in [6, 6.07) is 0. The lowest BCUT2D eigenvalue weighted by Gasteiger charge is -2.71. The zero-order valence-corrected chi connectivity index (χ0v) is 37.3. The van der Waals surface area contributed by atoms with Crippen LogP contribution in [0.25, 0.3) is 0 Å². The molecule has 61 heavy (non-hydrogen) atoms. The first-order valence-electron chi connectivity index (χ1n) is 23.0. The molecule has 21 atom stereocenters. The standard InChI is InChI=1S/C46H74O15/c1-22-30(48)36(61-38-33(51)31(49)25(47)20-56-38)35(53)39(58-22)59-26-21-57-37(34(52)32(26)50)60-29-12-13-43(6)27(42(29,4)5)11-14-45(8)28(43)10-9-23-24-19-41(2,3)15-17-46(24,40(54)55)18-16-44(23,45)7/h9,22,24-39,47-53H,10-21H2,1-8H3,(H,54,55)/t22-,24-,25+,26+,27-,28+,29-,30-,31-,32-,33+,34+,35+,36+,37-,38-,39-,43-,44+,45+,46-/m0/s1. The Bertz CT molecular complexity index is 1670. The lowest BCUT2D eigenvalue weighted by molar-refractivity contribution is -0.367. The predicted octanol–water partition coefficient (Wildman–Crippen LogP) is 3.01. The molecule has 3 heterocycles. The van der Waals surface area contributed by atoms with Crippen LogP contribution in [0.15, 0.2) is 11.6 Å². The van der Waals surface area contributed by atoms with Gasteiger partial charge >= 0.3 is 5.97 Å². The van der Waals surface area contributed by atoms with Crippen molar-refractivity contribution in [1.82, 2.24) is 0 Å². The molecule has 348 valence electrons. The van der Waals surface area contributed by atoms with Gasteiger partial charge < -0.3 is 69.3 Å².